The van der Waals surface area contributed by atoms with Crippen molar-refractivity contribution in [2.75, 3.05) is 14.2 Å². The summed E-state index contributed by atoms with van der Waals surface area (Å²) < 4.78 is 9.63. The van der Waals surface area contributed by atoms with Gasteiger partial charge in [0, 0.05) is 0 Å². The number of benzene rings is 1. The summed E-state index contributed by atoms with van der Waals surface area (Å²) in [6.45, 7) is 1.62. The Balaban J connectivity index is 2.85. The number of esters is 1. The number of carbonyl (C=O) groups is 1. The maximum absolute atomic E-state index is 11.6. The normalized spacial score (nSPS) is 10.5. The van der Waals surface area contributed by atoms with Crippen molar-refractivity contribution in [3.05, 3.63) is 33.5 Å². The molecular formula is C12H12N2O5. The molecule has 7 heteroatoms. The fourth-order valence-electron chi connectivity index (χ4n) is 2.06. The maximum Gasteiger partial charge on any atom is 0.354 e. The van der Waals surface area contributed by atoms with Crippen molar-refractivity contribution in [1.29, 1.82) is 0 Å². The third-order valence-electron chi connectivity index (χ3n) is 2.94. The molecule has 0 fully saturated rings. The van der Waals surface area contributed by atoms with Crippen LogP contribution in [0.25, 0.3) is 10.9 Å². The molecule has 2 aromatic rings. The molecule has 19 heavy (non-hydrogen) atoms. The second kappa shape index (κ2) is 4.60. The summed E-state index contributed by atoms with van der Waals surface area (Å²) in [5.74, 6) is -0.419. The molecule has 1 aromatic carbocycles. The minimum atomic E-state index is -0.568. The topological polar surface area (TPSA) is 94.5 Å². The highest BCUT2D eigenvalue weighted by atomic mass is 16.6. The first-order valence-corrected chi connectivity index (χ1v) is 5.43. The van der Waals surface area contributed by atoms with Crippen LogP contribution in [0, 0.1) is 17.0 Å². The molecule has 100 valence electrons. The monoisotopic (exact) mass is 264 g/mol. The van der Waals surface area contributed by atoms with Crippen LogP contribution in [0.4, 0.5) is 5.69 Å². The molecule has 2 rings (SSSR count). The average molecular weight is 264 g/mol. The van der Waals surface area contributed by atoms with E-state index >= 15 is 0 Å². The zero-order valence-corrected chi connectivity index (χ0v) is 10.6. The molecule has 0 bridgehead atoms. The van der Waals surface area contributed by atoms with Crippen molar-refractivity contribution in [2.45, 2.75) is 6.92 Å². The first-order valence-electron chi connectivity index (χ1n) is 5.43. The van der Waals surface area contributed by atoms with Crippen molar-refractivity contribution in [3.63, 3.8) is 0 Å². The highest BCUT2D eigenvalue weighted by Crippen LogP contribution is 2.38. The van der Waals surface area contributed by atoms with E-state index in [1.54, 1.807) is 13.0 Å². The van der Waals surface area contributed by atoms with Gasteiger partial charge in [0.15, 0.2) is 5.75 Å². The summed E-state index contributed by atoms with van der Waals surface area (Å²) in [5.41, 5.74) is 0.996. The predicted molar refractivity (Wildman–Crippen MR) is 67.6 cm³/mol. The zero-order chi connectivity index (χ0) is 14.2. The van der Waals surface area contributed by atoms with E-state index in [9.17, 15) is 14.9 Å². The maximum atomic E-state index is 11.6. The Morgan fingerprint density at radius 3 is 2.58 bits per heavy atom. The van der Waals surface area contributed by atoms with Crippen LogP contribution in [-0.2, 0) is 4.74 Å². The largest absolute Gasteiger partial charge is 0.490 e. The molecule has 1 aromatic heterocycles. The van der Waals surface area contributed by atoms with Gasteiger partial charge in [-0.3, -0.25) is 10.1 Å². The van der Waals surface area contributed by atoms with Gasteiger partial charge in [-0.25, -0.2) is 4.79 Å². The first kappa shape index (κ1) is 12.9. The van der Waals surface area contributed by atoms with Gasteiger partial charge in [0.1, 0.15) is 5.69 Å². The van der Waals surface area contributed by atoms with Crippen LogP contribution >= 0.6 is 0 Å². The van der Waals surface area contributed by atoms with Gasteiger partial charge in [-0.1, -0.05) is 0 Å². The molecule has 0 amide bonds. The van der Waals surface area contributed by atoms with Gasteiger partial charge in [0.05, 0.1) is 30.0 Å². The Bertz CT molecular complexity index is 674. The summed E-state index contributed by atoms with van der Waals surface area (Å²) in [5, 5.41) is 11.5. The SMILES string of the molecule is COC(=O)c1[nH]c2ccc(OC)c([N+](=O)[O-])c2c1C. The lowest BCUT2D eigenvalue weighted by Crippen LogP contribution is -2.03. The molecule has 1 heterocycles. The molecule has 1 N–H and O–H groups in total. The summed E-state index contributed by atoms with van der Waals surface area (Å²) >= 11 is 0. The van der Waals surface area contributed by atoms with E-state index in [-0.39, 0.29) is 17.1 Å². The number of nitrogens with zero attached hydrogens (tertiary/aromatic N) is 1. The molecule has 0 saturated heterocycles. The van der Waals surface area contributed by atoms with Crippen LogP contribution in [-0.4, -0.2) is 30.1 Å². The van der Waals surface area contributed by atoms with Gasteiger partial charge in [0.25, 0.3) is 0 Å². The van der Waals surface area contributed by atoms with E-state index in [4.69, 9.17) is 4.74 Å². The van der Waals surface area contributed by atoms with Crippen LogP contribution in [0.5, 0.6) is 5.75 Å². The van der Waals surface area contributed by atoms with Crippen LogP contribution < -0.4 is 4.74 Å². The number of nitro benzene ring substituents is 1. The van der Waals surface area contributed by atoms with Gasteiger partial charge in [-0.2, -0.15) is 0 Å². The Morgan fingerprint density at radius 1 is 1.37 bits per heavy atom. The first-order chi connectivity index (χ1) is 9.01. The number of methoxy groups -OCH3 is 2. The molecule has 0 atom stereocenters. The number of nitro groups is 1. The highest BCUT2D eigenvalue weighted by Gasteiger charge is 2.26. The third-order valence-corrected chi connectivity index (χ3v) is 2.94. The predicted octanol–water partition coefficient (Wildman–Crippen LogP) is 2.18. The number of carbonyl (C=O) groups excluding carboxylic acids is 1. The highest BCUT2D eigenvalue weighted by molar-refractivity contribution is 6.02. The number of hydrogen-bond acceptors (Lipinski definition) is 5. The number of aromatic nitrogens is 1. The number of aromatic amines is 1. The number of nitrogens with one attached hydrogen (secondary N) is 1. The van der Waals surface area contributed by atoms with Crippen molar-refractivity contribution in [3.8, 4) is 5.75 Å². The van der Waals surface area contributed by atoms with E-state index in [0.717, 1.165) is 0 Å². The standard InChI is InChI=1S/C12H12N2O5/c1-6-9-7(13-10(6)12(15)19-3)4-5-8(18-2)11(9)14(16)17/h4-5,13H,1-3H3. The van der Waals surface area contributed by atoms with E-state index in [2.05, 4.69) is 9.72 Å². The van der Waals surface area contributed by atoms with Crippen molar-refractivity contribution < 1.29 is 19.2 Å². The molecule has 0 aliphatic rings. The van der Waals surface area contributed by atoms with Gasteiger partial charge in [-0.05, 0) is 24.6 Å². The number of ether oxygens (including phenoxy) is 2. The van der Waals surface area contributed by atoms with Gasteiger partial charge >= 0.3 is 11.7 Å². The van der Waals surface area contributed by atoms with Crippen molar-refractivity contribution in [1.82, 2.24) is 4.98 Å². The summed E-state index contributed by atoms with van der Waals surface area (Å²) in [7, 11) is 2.61. The lowest BCUT2D eigenvalue weighted by molar-refractivity contribution is -0.384. The van der Waals surface area contributed by atoms with Crippen molar-refractivity contribution >= 4 is 22.6 Å². The number of H-pyrrole nitrogens is 1. The lowest BCUT2D eigenvalue weighted by atomic mass is 10.1. The van der Waals surface area contributed by atoms with Crippen LogP contribution in [0.2, 0.25) is 0 Å². The van der Waals surface area contributed by atoms with Gasteiger partial charge in [0.2, 0.25) is 0 Å². The number of fused-ring (bicyclic) bond motifs is 1. The van der Waals surface area contributed by atoms with Gasteiger partial charge < -0.3 is 14.5 Å². The molecule has 0 radical (unpaired) electrons. The lowest BCUT2D eigenvalue weighted by Gasteiger charge is -2.02. The minimum Gasteiger partial charge on any atom is -0.490 e. The Kier molecular flexibility index (Phi) is 3.12. The molecule has 7 nitrogen and oxygen atoms in total. The van der Waals surface area contributed by atoms with E-state index in [0.29, 0.717) is 16.5 Å². The van der Waals surface area contributed by atoms with Crippen molar-refractivity contribution in [2.24, 2.45) is 0 Å². The fourth-order valence-corrected chi connectivity index (χ4v) is 2.06. The quantitative estimate of drug-likeness (QED) is 0.521. The van der Waals surface area contributed by atoms with Crippen LogP contribution in [0.1, 0.15) is 16.1 Å². The number of hydrogen-bond donors (Lipinski definition) is 1. The molecule has 0 unspecified atom stereocenters. The van der Waals surface area contributed by atoms with E-state index < -0.39 is 10.9 Å². The second-order valence-corrected chi connectivity index (χ2v) is 3.91. The zero-order valence-electron chi connectivity index (χ0n) is 10.6. The number of aryl methyl sites for hydroxylation is 1. The Labute approximate surface area is 108 Å². The molecule has 0 aliphatic carbocycles. The second-order valence-electron chi connectivity index (χ2n) is 3.91. The molecule has 0 aliphatic heterocycles. The Hall–Kier alpha value is -2.57. The van der Waals surface area contributed by atoms with Crippen LogP contribution in [0.3, 0.4) is 0 Å². The molecule has 0 saturated carbocycles. The fraction of sp³-hybridized carbons (Fsp3) is 0.250. The molecular weight excluding hydrogens is 252 g/mol. The van der Waals surface area contributed by atoms with Gasteiger partial charge in [-0.15, -0.1) is 0 Å². The van der Waals surface area contributed by atoms with E-state index in [1.165, 1.54) is 20.3 Å². The summed E-state index contributed by atoms with van der Waals surface area (Å²) in [6.07, 6.45) is 0. The minimum absolute atomic E-state index is 0.149. The number of rotatable bonds is 3. The third kappa shape index (κ3) is 1.88. The van der Waals surface area contributed by atoms with E-state index in [1.807, 2.05) is 0 Å². The Morgan fingerprint density at radius 2 is 2.05 bits per heavy atom. The summed E-state index contributed by atoms with van der Waals surface area (Å²) in [6, 6.07) is 3.11. The smallest absolute Gasteiger partial charge is 0.354 e. The summed E-state index contributed by atoms with van der Waals surface area (Å²) in [4.78, 5) is 25.1. The molecule has 0 spiro atoms. The average Bonchev–Trinajstić information content (AvgIpc) is 2.74. The van der Waals surface area contributed by atoms with Crippen LogP contribution in [0.15, 0.2) is 12.1 Å².